The maximum absolute atomic E-state index is 13.4. The summed E-state index contributed by atoms with van der Waals surface area (Å²) in [5.74, 6) is 0.621. The molecule has 0 aliphatic heterocycles. The molecule has 3 nitrogen and oxygen atoms in total. The SMILES string of the molecule is COCC1(C(=O)OCCCCCCCCCC(C)C)c2ccccc2-c2ccccc21. The van der Waals surface area contributed by atoms with Crippen molar-refractivity contribution in [3.63, 3.8) is 0 Å². The molecule has 0 saturated carbocycles. The topological polar surface area (TPSA) is 35.5 Å². The minimum absolute atomic E-state index is 0.194. The van der Waals surface area contributed by atoms with Crippen LogP contribution in [0.4, 0.5) is 0 Å². The first-order valence-corrected chi connectivity index (χ1v) is 12.0. The highest BCUT2D eigenvalue weighted by atomic mass is 16.5. The molecule has 0 bridgehead atoms. The Morgan fingerprint density at radius 1 is 0.806 bits per heavy atom. The van der Waals surface area contributed by atoms with Crippen molar-refractivity contribution in [2.45, 2.75) is 70.6 Å². The van der Waals surface area contributed by atoms with Gasteiger partial charge in [-0.1, -0.05) is 107 Å². The van der Waals surface area contributed by atoms with Crippen LogP contribution in [-0.4, -0.2) is 26.3 Å². The van der Waals surface area contributed by atoms with E-state index in [1.807, 2.05) is 36.4 Å². The van der Waals surface area contributed by atoms with Crippen LogP contribution in [0, 0.1) is 5.92 Å². The third-order valence-corrected chi connectivity index (χ3v) is 6.43. The molecule has 0 N–H and O–H groups in total. The minimum atomic E-state index is -0.877. The molecular weight excluding hydrogens is 384 g/mol. The summed E-state index contributed by atoms with van der Waals surface area (Å²) in [6.07, 6.45) is 9.87. The van der Waals surface area contributed by atoms with Crippen molar-refractivity contribution in [2.75, 3.05) is 20.3 Å². The van der Waals surface area contributed by atoms with Gasteiger partial charge in [-0.3, -0.25) is 4.79 Å². The van der Waals surface area contributed by atoms with E-state index >= 15 is 0 Å². The Bertz CT molecular complexity index is 794. The number of esters is 1. The maximum Gasteiger partial charge on any atom is 0.323 e. The van der Waals surface area contributed by atoms with Crippen molar-refractivity contribution < 1.29 is 14.3 Å². The Balaban J connectivity index is 1.54. The monoisotopic (exact) mass is 422 g/mol. The lowest BCUT2D eigenvalue weighted by atomic mass is 9.79. The number of hydrogen-bond acceptors (Lipinski definition) is 3. The van der Waals surface area contributed by atoms with Crippen LogP contribution in [0.25, 0.3) is 11.1 Å². The molecule has 0 spiro atoms. The number of carbonyl (C=O) groups is 1. The van der Waals surface area contributed by atoms with Crippen LogP contribution in [0.1, 0.15) is 76.3 Å². The summed E-state index contributed by atoms with van der Waals surface area (Å²) < 4.78 is 11.4. The van der Waals surface area contributed by atoms with Gasteiger partial charge in [0.2, 0.25) is 0 Å². The molecule has 0 saturated heterocycles. The number of carbonyl (C=O) groups excluding carboxylic acids is 1. The second kappa shape index (κ2) is 11.5. The van der Waals surface area contributed by atoms with E-state index in [2.05, 4.69) is 26.0 Å². The Morgan fingerprint density at radius 2 is 1.32 bits per heavy atom. The van der Waals surface area contributed by atoms with Gasteiger partial charge < -0.3 is 9.47 Å². The van der Waals surface area contributed by atoms with E-state index in [-0.39, 0.29) is 12.6 Å². The number of fused-ring (bicyclic) bond motifs is 3. The van der Waals surface area contributed by atoms with E-state index in [1.165, 1.54) is 38.5 Å². The van der Waals surface area contributed by atoms with E-state index < -0.39 is 5.41 Å². The molecule has 3 heteroatoms. The fourth-order valence-corrected chi connectivity index (χ4v) is 4.80. The Hall–Kier alpha value is -2.13. The first kappa shape index (κ1) is 23.5. The number of benzene rings is 2. The van der Waals surface area contributed by atoms with Gasteiger partial charge in [0.05, 0.1) is 13.2 Å². The van der Waals surface area contributed by atoms with Crippen LogP contribution in [0.2, 0.25) is 0 Å². The molecule has 2 aromatic carbocycles. The van der Waals surface area contributed by atoms with Gasteiger partial charge in [0.15, 0.2) is 0 Å². The molecule has 0 radical (unpaired) electrons. The predicted octanol–water partition coefficient (Wildman–Crippen LogP) is 6.92. The molecule has 168 valence electrons. The van der Waals surface area contributed by atoms with Crippen LogP contribution in [0.5, 0.6) is 0 Å². The molecule has 0 heterocycles. The molecule has 0 amide bonds. The normalized spacial score (nSPS) is 13.8. The van der Waals surface area contributed by atoms with Crippen molar-refractivity contribution >= 4 is 5.97 Å². The van der Waals surface area contributed by atoms with E-state index in [0.717, 1.165) is 41.0 Å². The minimum Gasteiger partial charge on any atom is -0.465 e. The highest BCUT2D eigenvalue weighted by Gasteiger charge is 2.50. The van der Waals surface area contributed by atoms with Gasteiger partial charge in [-0.15, -0.1) is 0 Å². The van der Waals surface area contributed by atoms with Crippen molar-refractivity contribution in [3.05, 3.63) is 59.7 Å². The fourth-order valence-electron chi connectivity index (χ4n) is 4.80. The quantitative estimate of drug-likeness (QED) is 0.260. The standard InChI is InChI=1S/C28H38O3/c1-22(2)15-9-7-5-4-6-8-14-20-31-27(29)28(21-30-3)25-18-12-10-16-23(25)24-17-11-13-19-26(24)28/h10-13,16-19,22H,4-9,14-15,20-21H2,1-3H3. The van der Waals surface area contributed by atoms with E-state index in [0.29, 0.717) is 6.61 Å². The number of rotatable bonds is 13. The van der Waals surface area contributed by atoms with Crippen LogP contribution >= 0.6 is 0 Å². The number of unbranched alkanes of at least 4 members (excludes halogenated alkanes) is 6. The van der Waals surface area contributed by atoms with Gasteiger partial charge in [0.1, 0.15) is 5.41 Å². The van der Waals surface area contributed by atoms with Gasteiger partial charge in [0.25, 0.3) is 0 Å². The molecule has 0 atom stereocenters. The largest absolute Gasteiger partial charge is 0.465 e. The first-order valence-electron chi connectivity index (χ1n) is 12.0. The lowest BCUT2D eigenvalue weighted by Gasteiger charge is -2.29. The lowest BCUT2D eigenvalue weighted by Crippen LogP contribution is -2.41. The van der Waals surface area contributed by atoms with Crippen molar-refractivity contribution in [2.24, 2.45) is 5.92 Å². The third kappa shape index (κ3) is 5.38. The molecule has 31 heavy (non-hydrogen) atoms. The second-order valence-electron chi connectivity index (χ2n) is 9.22. The Labute approximate surface area is 188 Å². The summed E-state index contributed by atoms with van der Waals surface area (Å²) in [7, 11) is 1.65. The average molecular weight is 423 g/mol. The fraction of sp³-hybridized carbons (Fsp3) is 0.536. The number of hydrogen-bond donors (Lipinski definition) is 0. The van der Waals surface area contributed by atoms with Crippen LogP contribution in [0.15, 0.2) is 48.5 Å². The number of ether oxygens (including phenoxy) is 2. The van der Waals surface area contributed by atoms with Crippen molar-refractivity contribution in [1.82, 2.24) is 0 Å². The van der Waals surface area contributed by atoms with Gasteiger partial charge >= 0.3 is 5.97 Å². The van der Waals surface area contributed by atoms with Crippen LogP contribution < -0.4 is 0 Å². The zero-order valence-corrected chi connectivity index (χ0v) is 19.5. The van der Waals surface area contributed by atoms with E-state index in [9.17, 15) is 4.79 Å². The van der Waals surface area contributed by atoms with Gasteiger partial charge in [-0.2, -0.15) is 0 Å². The van der Waals surface area contributed by atoms with Gasteiger partial charge in [0, 0.05) is 7.11 Å². The second-order valence-corrected chi connectivity index (χ2v) is 9.22. The average Bonchev–Trinajstić information content (AvgIpc) is 3.06. The summed E-state index contributed by atoms with van der Waals surface area (Å²) in [5.41, 5.74) is 3.31. The van der Waals surface area contributed by atoms with E-state index in [4.69, 9.17) is 9.47 Å². The third-order valence-electron chi connectivity index (χ3n) is 6.43. The predicted molar refractivity (Wildman–Crippen MR) is 127 cm³/mol. The summed E-state index contributed by atoms with van der Waals surface area (Å²) in [4.78, 5) is 13.4. The maximum atomic E-state index is 13.4. The highest BCUT2D eigenvalue weighted by molar-refractivity contribution is 5.98. The molecule has 1 aliphatic rings. The zero-order chi connectivity index (χ0) is 22.1. The van der Waals surface area contributed by atoms with E-state index in [1.54, 1.807) is 7.11 Å². The molecular formula is C28H38O3. The summed E-state index contributed by atoms with van der Waals surface area (Å²) >= 11 is 0. The van der Waals surface area contributed by atoms with Crippen molar-refractivity contribution in [1.29, 1.82) is 0 Å². The molecule has 0 unspecified atom stereocenters. The Kier molecular flexibility index (Phi) is 8.71. The number of methoxy groups -OCH3 is 1. The highest BCUT2D eigenvalue weighted by Crippen LogP contribution is 2.49. The molecule has 1 aliphatic carbocycles. The molecule has 2 aromatic rings. The van der Waals surface area contributed by atoms with Crippen LogP contribution in [0.3, 0.4) is 0 Å². The molecule has 3 rings (SSSR count). The summed E-state index contributed by atoms with van der Waals surface area (Å²) in [5, 5.41) is 0. The smallest absolute Gasteiger partial charge is 0.323 e. The molecule has 0 aromatic heterocycles. The first-order chi connectivity index (χ1) is 15.1. The zero-order valence-electron chi connectivity index (χ0n) is 19.5. The van der Waals surface area contributed by atoms with Gasteiger partial charge in [-0.25, -0.2) is 0 Å². The Morgan fingerprint density at radius 3 is 1.87 bits per heavy atom. The molecule has 0 fully saturated rings. The van der Waals surface area contributed by atoms with Gasteiger partial charge in [-0.05, 0) is 34.6 Å². The summed E-state index contributed by atoms with van der Waals surface area (Å²) in [6, 6.07) is 16.3. The summed E-state index contributed by atoms with van der Waals surface area (Å²) in [6.45, 7) is 5.35. The lowest BCUT2D eigenvalue weighted by molar-refractivity contribution is -0.151. The van der Waals surface area contributed by atoms with Crippen molar-refractivity contribution in [3.8, 4) is 11.1 Å². The van der Waals surface area contributed by atoms with Crippen LogP contribution in [-0.2, 0) is 19.7 Å².